The SMILES string of the molecule is CC[C@@H]1OC(O)(Cn2cnc3ccccc3c2=O)C[C@H]1NC. The van der Waals surface area contributed by atoms with Crippen LogP contribution in [0.5, 0.6) is 0 Å². The predicted octanol–water partition coefficient (Wildman–Crippen LogP) is 0.872. The highest BCUT2D eigenvalue weighted by atomic mass is 16.6. The van der Waals surface area contributed by atoms with Crippen molar-refractivity contribution in [3.8, 4) is 0 Å². The molecule has 2 aromatic rings. The van der Waals surface area contributed by atoms with Crippen molar-refractivity contribution in [2.45, 2.75) is 44.2 Å². The summed E-state index contributed by atoms with van der Waals surface area (Å²) in [4.78, 5) is 16.8. The van der Waals surface area contributed by atoms with Gasteiger partial charge >= 0.3 is 0 Å². The van der Waals surface area contributed by atoms with Gasteiger partial charge in [0.05, 0.1) is 29.9 Å². The van der Waals surface area contributed by atoms with Gasteiger partial charge in [-0.15, -0.1) is 0 Å². The maximum absolute atomic E-state index is 12.5. The first kappa shape index (κ1) is 15.1. The largest absolute Gasteiger partial charge is 0.364 e. The lowest BCUT2D eigenvalue weighted by atomic mass is 10.0. The number of aromatic nitrogens is 2. The lowest BCUT2D eigenvalue weighted by Gasteiger charge is -2.23. The van der Waals surface area contributed by atoms with Crippen LogP contribution in [0.1, 0.15) is 19.8 Å². The molecular weight excluding hydrogens is 282 g/mol. The number of rotatable bonds is 4. The van der Waals surface area contributed by atoms with Crippen molar-refractivity contribution in [2.24, 2.45) is 0 Å². The Balaban J connectivity index is 1.90. The molecule has 0 bridgehead atoms. The smallest absolute Gasteiger partial charge is 0.261 e. The van der Waals surface area contributed by atoms with Gasteiger partial charge in [-0.2, -0.15) is 0 Å². The molecule has 118 valence electrons. The summed E-state index contributed by atoms with van der Waals surface area (Å²) in [5.41, 5.74) is 0.492. The zero-order chi connectivity index (χ0) is 15.7. The Hall–Kier alpha value is -1.76. The molecule has 3 rings (SSSR count). The summed E-state index contributed by atoms with van der Waals surface area (Å²) in [5, 5.41) is 14.4. The molecule has 0 aliphatic carbocycles. The van der Waals surface area contributed by atoms with Crippen LogP contribution in [0, 0.1) is 0 Å². The van der Waals surface area contributed by atoms with Crippen LogP contribution in [-0.2, 0) is 11.3 Å². The van der Waals surface area contributed by atoms with Crippen LogP contribution in [0.15, 0.2) is 35.4 Å². The molecule has 2 heterocycles. The summed E-state index contributed by atoms with van der Waals surface area (Å²) >= 11 is 0. The fourth-order valence-electron chi connectivity index (χ4n) is 3.13. The molecule has 1 aliphatic rings. The van der Waals surface area contributed by atoms with Gasteiger partial charge in [0.1, 0.15) is 0 Å². The topological polar surface area (TPSA) is 76.4 Å². The molecule has 6 nitrogen and oxygen atoms in total. The van der Waals surface area contributed by atoms with E-state index in [-0.39, 0.29) is 24.2 Å². The Kier molecular flexibility index (Phi) is 3.99. The predicted molar refractivity (Wildman–Crippen MR) is 83.6 cm³/mol. The Labute approximate surface area is 128 Å². The van der Waals surface area contributed by atoms with E-state index in [4.69, 9.17) is 4.74 Å². The van der Waals surface area contributed by atoms with Crippen molar-refractivity contribution in [3.05, 3.63) is 40.9 Å². The van der Waals surface area contributed by atoms with E-state index in [1.807, 2.05) is 20.0 Å². The molecule has 0 radical (unpaired) electrons. The van der Waals surface area contributed by atoms with Crippen molar-refractivity contribution in [1.29, 1.82) is 0 Å². The summed E-state index contributed by atoms with van der Waals surface area (Å²) in [5.74, 6) is -1.34. The standard InChI is InChI=1S/C16H21N3O3/c1-3-14-13(17-2)8-16(21,22-14)9-19-10-18-12-7-5-4-6-11(12)15(19)20/h4-7,10,13-14,17,21H,3,8-9H2,1-2H3/t13-,14+,16?/m1/s1. The molecule has 1 aromatic heterocycles. The van der Waals surface area contributed by atoms with Gasteiger partial charge in [0.25, 0.3) is 5.56 Å². The summed E-state index contributed by atoms with van der Waals surface area (Å²) in [6.07, 6.45) is 2.67. The van der Waals surface area contributed by atoms with E-state index in [1.165, 1.54) is 10.9 Å². The van der Waals surface area contributed by atoms with Gasteiger partial charge in [0, 0.05) is 12.5 Å². The number of hydrogen-bond acceptors (Lipinski definition) is 5. The molecule has 22 heavy (non-hydrogen) atoms. The first-order valence-electron chi connectivity index (χ1n) is 7.58. The van der Waals surface area contributed by atoms with Crippen molar-refractivity contribution in [3.63, 3.8) is 0 Å². The second-order valence-electron chi connectivity index (χ2n) is 5.80. The lowest BCUT2D eigenvalue weighted by Crippen LogP contribution is -2.38. The van der Waals surface area contributed by atoms with E-state index in [9.17, 15) is 9.90 Å². The molecule has 1 unspecified atom stereocenters. The van der Waals surface area contributed by atoms with Gasteiger partial charge in [-0.1, -0.05) is 19.1 Å². The van der Waals surface area contributed by atoms with Crippen molar-refractivity contribution in [1.82, 2.24) is 14.9 Å². The average Bonchev–Trinajstić information content (AvgIpc) is 2.87. The fourth-order valence-corrected chi connectivity index (χ4v) is 3.13. The van der Waals surface area contributed by atoms with Crippen molar-refractivity contribution < 1.29 is 9.84 Å². The van der Waals surface area contributed by atoms with Crippen LogP contribution >= 0.6 is 0 Å². The van der Waals surface area contributed by atoms with Crippen LogP contribution in [0.2, 0.25) is 0 Å². The van der Waals surface area contributed by atoms with Crippen molar-refractivity contribution >= 4 is 10.9 Å². The average molecular weight is 303 g/mol. The number of likely N-dealkylation sites (N-methyl/N-ethyl adjacent to an activating group) is 1. The minimum Gasteiger partial charge on any atom is -0.364 e. The van der Waals surface area contributed by atoms with Crippen LogP contribution in [0.25, 0.3) is 10.9 Å². The minimum absolute atomic E-state index is 0.0564. The number of nitrogens with zero attached hydrogens (tertiary/aromatic N) is 2. The highest BCUT2D eigenvalue weighted by Gasteiger charge is 2.44. The summed E-state index contributed by atoms with van der Waals surface area (Å²) < 4.78 is 7.20. The Morgan fingerprint density at radius 1 is 1.50 bits per heavy atom. The Bertz CT molecular complexity index is 716. The first-order chi connectivity index (χ1) is 10.6. The molecule has 0 spiro atoms. The molecule has 2 N–H and O–H groups in total. The molecule has 0 amide bonds. The van der Waals surface area contributed by atoms with E-state index in [1.54, 1.807) is 18.2 Å². The third kappa shape index (κ3) is 2.65. The van der Waals surface area contributed by atoms with Gasteiger partial charge < -0.3 is 15.2 Å². The van der Waals surface area contributed by atoms with Crippen LogP contribution in [-0.4, -0.2) is 39.6 Å². The number of ether oxygens (including phenoxy) is 1. The van der Waals surface area contributed by atoms with E-state index < -0.39 is 5.79 Å². The maximum atomic E-state index is 12.5. The van der Waals surface area contributed by atoms with E-state index in [0.29, 0.717) is 17.3 Å². The third-order valence-corrected chi connectivity index (χ3v) is 4.28. The number of para-hydroxylation sites is 1. The molecule has 1 aliphatic heterocycles. The van der Waals surface area contributed by atoms with Crippen LogP contribution in [0.3, 0.4) is 0 Å². The zero-order valence-electron chi connectivity index (χ0n) is 12.8. The molecule has 6 heteroatoms. The zero-order valence-corrected chi connectivity index (χ0v) is 12.8. The van der Waals surface area contributed by atoms with Gasteiger partial charge in [-0.05, 0) is 25.6 Å². The molecule has 1 saturated heterocycles. The third-order valence-electron chi connectivity index (χ3n) is 4.28. The molecule has 1 fully saturated rings. The summed E-state index contributed by atoms with van der Waals surface area (Å²) in [7, 11) is 1.85. The number of nitrogens with one attached hydrogen (secondary N) is 1. The van der Waals surface area contributed by atoms with Gasteiger partial charge in [-0.25, -0.2) is 4.98 Å². The van der Waals surface area contributed by atoms with E-state index in [2.05, 4.69) is 10.3 Å². The number of fused-ring (bicyclic) bond motifs is 1. The van der Waals surface area contributed by atoms with Crippen molar-refractivity contribution in [2.75, 3.05) is 7.05 Å². The monoisotopic (exact) mass is 303 g/mol. The summed E-state index contributed by atoms with van der Waals surface area (Å²) in [6, 6.07) is 7.27. The normalized spacial score (nSPS) is 28.3. The summed E-state index contributed by atoms with van der Waals surface area (Å²) in [6.45, 7) is 2.10. The number of hydrogen-bond donors (Lipinski definition) is 2. The number of benzene rings is 1. The fraction of sp³-hybridized carbons (Fsp3) is 0.500. The Morgan fingerprint density at radius 2 is 2.27 bits per heavy atom. The quantitative estimate of drug-likeness (QED) is 0.876. The molecular formula is C16H21N3O3. The van der Waals surface area contributed by atoms with Crippen LogP contribution < -0.4 is 10.9 Å². The highest BCUT2D eigenvalue weighted by molar-refractivity contribution is 5.76. The highest BCUT2D eigenvalue weighted by Crippen LogP contribution is 2.31. The molecule has 3 atom stereocenters. The Morgan fingerprint density at radius 3 is 2.95 bits per heavy atom. The second kappa shape index (κ2) is 5.79. The maximum Gasteiger partial charge on any atom is 0.261 e. The lowest BCUT2D eigenvalue weighted by molar-refractivity contribution is -0.201. The van der Waals surface area contributed by atoms with E-state index >= 15 is 0 Å². The van der Waals surface area contributed by atoms with E-state index in [0.717, 1.165) is 6.42 Å². The van der Waals surface area contributed by atoms with Gasteiger partial charge in [0.2, 0.25) is 0 Å². The first-order valence-corrected chi connectivity index (χ1v) is 7.58. The van der Waals surface area contributed by atoms with Crippen LogP contribution in [0.4, 0.5) is 0 Å². The van der Waals surface area contributed by atoms with Gasteiger partial charge in [-0.3, -0.25) is 9.36 Å². The minimum atomic E-state index is -1.34. The molecule has 1 aromatic carbocycles. The molecule has 0 saturated carbocycles. The second-order valence-corrected chi connectivity index (χ2v) is 5.80. The number of aliphatic hydroxyl groups is 1. The van der Waals surface area contributed by atoms with Gasteiger partial charge in [0.15, 0.2) is 5.79 Å².